The summed E-state index contributed by atoms with van der Waals surface area (Å²) in [5.41, 5.74) is 2.12. The van der Waals surface area contributed by atoms with Gasteiger partial charge in [-0.2, -0.15) is 4.98 Å². The molecule has 1 N–H and O–H groups in total. The highest BCUT2D eigenvalue weighted by molar-refractivity contribution is 7.97. The van der Waals surface area contributed by atoms with E-state index in [1.807, 2.05) is 63.6 Å². The van der Waals surface area contributed by atoms with Crippen LogP contribution >= 0.6 is 11.9 Å². The van der Waals surface area contributed by atoms with Crippen LogP contribution in [0.25, 0.3) is 10.9 Å². The van der Waals surface area contributed by atoms with E-state index in [0.717, 1.165) is 40.7 Å². The third-order valence-corrected chi connectivity index (χ3v) is 7.37. The summed E-state index contributed by atoms with van der Waals surface area (Å²) in [4.78, 5) is 12.7. The molecule has 0 spiro atoms. The fraction of sp³-hybridized carbons (Fsp3) is 0.400. The molecule has 0 aliphatic heterocycles. The van der Waals surface area contributed by atoms with Crippen LogP contribution in [0.4, 0.5) is 11.8 Å². The standard InChI is InChI=1S/C17H24N4.C13H17NS/c1-12-8-10-13(11-9-12)18-17-19-15-7-5-4-6-14(15)16(20-17)21(2)3;1-4-11-14(12(3)5-2)15-13-9-7-6-8-10-13/h4-7,12-13H,8-11H2,1-3H3,(H,18,19,20);4,6-11H,3,5H2,1-2H3/b;11-4-. The summed E-state index contributed by atoms with van der Waals surface area (Å²) in [6.45, 7) is 10.5. The number of hydrogen-bond acceptors (Lipinski definition) is 6. The quantitative estimate of drug-likeness (QED) is 0.313. The van der Waals surface area contributed by atoms with E-state index in [-0.39, 0.29) is 0 Å². The van der Waals surface area contributed by atoms with Crippen molar-refractivity contribution in [3.63, 3.8) is 0 Å². The van der Waals surface area contributed by atoms with E-state index in [1.165, 1.54) is 30.6 Å². The molecule has 6 heteroatoms. The summed E-state index contributed by atoms with van der Waals surface area (Å²) in [7, 11) is 4.06. The number of rotatable bonds is 8. The summed E-state index contributed by atoms with van der Waals surface area (Å²) in [5, 5.41) is 4.64. The van der Waals surface area contributed by atoms with Crippen LogP contribution in [0.3, 0.4) is 0 Å². The average molecular weight is 504 g/mol. The van der Waals surface area contributed by atoms with Gasteiger partial charge in [-0.1, -0.05) is 56.8 Å². The number of aromatic nitrogens is 2. The van der Waals surface area contributed by atoms with Crippen molar-refractivity contribution in [1.29, 1.82) is 0 Å². The highest BCUT2D eigenvalue weighted by atomic mass is 32.2. The monoisotopic (exact) mass is 503 g/mol. The van der Waals surface area contributed by atoms with Gasteiger partial charge in [0.2, 0.25) is 5.95 Å². The lowest BCUT2D eigenvalue weighted by Gasteiger charge is -2.27. The number of hydrogen-bond donors (Lipinski definition) is 1. The zero-order valence-electron chi connectivity index (χ0n) is 22.4. The van der Waals surface area contributed by atoms with Crippen molar-refractivity contribution in [2.45, 2.75) is 63.8 Å². The summed E-state index contributed by atoms with van der Waals surface area (Å²) in [6, 6.07) is 19.0. The molecule has 1 saturated carbocycles. The van der Waals surface area contributed by atoms with Gasteiger partial charge in [0, 0.05) is 42.3 Å². The van der Waals surface area contributed by atoms with Crippen molar-refractivity contribution in [3.8, 4) is 0 Å². The minimum absolute atomic E-state index is 0.511. The molecule has 0 bridgehead atoms. The first-order valence-corrected chi connectivity index (χ1v) is 13.7. The second-order valence-corrected chi connectivity index (χ2v) is 10.6. The molecule has 192 valence electrons. The Bertz CT molecular complexity index is 1120. The average Bonchev–Trinajstić information content (AvgIpc) is 2.90. The van der Waals surface area contributed by atoms with E-state index in [9.17, 15) is 0 Å². The third-order valence-electron chi connectivity index (χ3n) is 6.31. The van der Waals surface area contributed by atoms with Crippen LogP contribution in [0.5, 0.6) is 0 Å². The van der Waals surface area contributed by atoms with Crippen molar-refractivity contribution >= 4 is 34.6 Å². The van der Waals surface area contributed by atoms with Gasteiger partial charge in [-0.05, 0) is 81.2 Å². The van der Waals surface area contributed by atoms with Gasteiger partial charge in [-0.3, -0.25) is 4.31 Å². The van der Waals surface area contributed by atoms with Crippen molar-refractivity contribution < 1.29 is 0 Å². The first-order chi connectivity index (χ1) is 17.4. The molecular formula is C30H41N5S. The Labute approximate surface area is 221 Å². The van der Waals surface area contributed by atoms with Crippen molar-refractivity contribution in [3.05, 3.63) is 79.1 Å². The Morgan fingerprint density at radius 2 is 1.69 bits per heavy atom. The summed E-state index contributed by atoms with van der Waals surface area (Å²) in [5.74, 6) is 2.60. The maximum atomic E-state index is 4.72. The van der Waals surface area contributed by atoms with Crippen LogP contribution in [-0.2, 0) is 0 Å². The third kappa shape index (κ3) is 8.02. The molecule has 1 aromatic heterocycles. The van der Waals surface area contributed by atoms with Gasteiger partial charge in [0.1, 0.15) is 5.82 Å². The van der Waals surface area contributed by atoms with Crippen LogP contribution in [0.1, 0.15) is 52.9 Å². The van der Waals surface area contributed by atoms with E-state index in [0.29, 0.717) is 6.04 Å². The van der Waals surface area contributed by atoms with Crippen molar-refractivity contribution in [2.24, 2.45) is 5.92 Å². The van der Waals surface area contributed by atoms with Crippen LogP contribution in [-0.4, -0.2) is 34.4 Å². The molecule has 36 heavy (non-hydrogen) atoms. The SMILES string of the molecule is C=C(CC)N(/C=C\C)Sc1ccccc1.CC1CCC(Nc2nc(N(C)C)c3ccccc3n2)CC1. The molecule has 1 heterocycles. The maximum absolute atomic E-state index is 4.72. The van der Waals surface area contributed by atoms with Gasteiger partial charge in [-0.15, -0.1) is 0 Å². The molecule has 2 aromatic carbocycles. The zero-order valence-corrected chi connectivity index (χ0v) is 23.3. The number of nitrogens with zero attached hydrogens (tertiary/aromatic N) is 4. The van der Waals surface area contributed by atoms with Gasteiger partial charge in [0.05, 0.1) is 5.52 Å². The van der Waals surface area contributed by atoms with E-state index < -0.39 is 0 Å². The van der Waals surface area contributed by atoms with Crippen molar-refractivity contribution in [2.75, 3.05) is 24.3 Å². The number of fused-ring (bicyclic) bond motifs is 1. The normalized spacial score (nSPS) is 17.4. The van der Waals surface area contributed by atoms with E-state index >= 15 is 0 Å². The first kappa shape index (κ1) is 27.6. The molecule has 0 radical (unpaired) electrons. The van der Waals surface area contributed by atoms with Gasteiger partial charge in [0.25, 0.3) is 0 Å². The molecule has 0 amide bonds. The molecular weight excluding hydrogens is 462 g/mol. The predicted octanol–water partition coefficient (Wildman–Crippen LogP) is 8.14. The number of anilines is 2. The topological polar surface area (TPSA) is 44.3 Å². The second kappa shape index (κ2) is 13.9. The second-order valence-electron chi connectivity index (χ2n) is 9.52. The molecule has 0 saturated heterocycles. The fourth-order valence-corrected chi connectivity index (χ4v) is 5.09. The summed E-state index contributed by atoms with van der Waals surface area (Å²) in [6.07, 6.45) is 10.1. The lowest BCUT2D eigenvalue weighted by atomic mass is 9.87. The van der Waals surface area contributed by atoms with E-state index in [1.54, 1.807) is 11.9 Å². The number of para-hydroxylation sites is 1. The summed E-state index contributed by atoms with van der Waals surface area (Å²) < 4.78 is 2.11. The number of allylic oxidation sites excluding steroid dienone is 2. The highest BCUT2D eigenvalue weighted by Gasteiger charge is 2.19. The number of benzene rings is 2. The smallest absolute Gasteiger partial charge is 0.225 e. The predicted molar refractivity (Wildman–Crippen MR) is 157 cm³/mol. The van der Waals surface area contributed by atoms with E-state index in [2.05, 4.69) is 64.2 Å². The lowest BCUT2D eigenvalue weighted by molar-refractivity contribution is 0.360. The Hall–Kier alpha value is -2.99. The molecule has 1 fully saturated rings. The molecule has 1 aliphatic rings. The molecule has 3 aromatic rings. The van der Waals surface area contributed by atoms with Crippen LogP contribution in [0.2, 0.25) is 0 Å². The van der Waals surface area contributed by atoms with Gasteiger partial charge < -0.3 is 10.2 Å². The van der Waals surface area contributed by atoms with Gasteiger partial charge in [0.15, 0.2) is 0 Å². The highest BCUT2D eigenvalue weighted by Crippen LogP contribution is 2.28. The van der Waals surface area contributed by atoms with Crippen LogP contribution < -0.4 is 10.2 Å². The minimum atomic E-state index is 0.511. The zero-order chi connectivity index (χ0) is 25.9. The lowest BCUT2D eigenvalue weighted by Crippen LogP contribution is -2.26. The fourth-order valence-electron chi connectivity index (χ4n) is 4.14. The van der Waals surface area contributed by atoms with Crippen molar-refractivity contribution in [1.82, 2.24) is 14.3 Å². The van der Waals surface area contributed by atoms with E-state index in [4.69, 9.17) is 4.98 Å². The largest absolute Gasteiger partial charge is 0.362 e. The Morgan fingerprint density at radius 3 is 2.33 bits per heavy atom. The Kier molecular flexibility index (Phi) is 10.7. The molecule has 1 aliphatic carbocycles. The Morgan fingerprint density at radius 1 is 1.03 bits per heavy atom. The molecule has 5 nitrogen and oxygen atoms in total. The minimum Gasteiger partial charge on any atom is -0.362 e. The van der Waals surface area contributed by atoms with Crippen LogP contribution in [0.15, 0.2) is 84.0 Å². The number of nitrogens with one attached hydrogen (secondary N) is 1. The van der Waals surface area contributed by atoms with Gasteiger partial charge >= 0.3 is 0 Å². The first-order valence-electron chi connectivity index (χ1n) is 12.9. The van der Waals surface area contributed by atoms with Crippen LogP contribution in [0, 0.1) is 5.92 Å². The summed E-state index contributed by atoms with van der Waals surface area (Å²) >= 11 is 1.69. The molecule has 4 rings (SSSR count). The molecule has 0 unspecified atom stereocenters. The Balaban J connectivity index is 0.000000214. The molecule has 0 atom stereocenters. The maximum Gasteiger partial charge on any atom is 0.225 e. The van der Waals surface area contributed by atoms with Gasteiger partial charge in [-0.25, -0.2) is 4.98 Å².